The SMILES string of the molecule is CC(C)(C)OC(=O)NCC1CN(c2cccc(NC(=O)OC(C)(C)C)n2)C1. The van der Waals surface area contributed by atoms with E-state index in [0.717, 1.165) is 18.9 Å². The second-order valence-electron chi connectivity index (χ2n) is 8.66. The van der Waals surface area contributed by atoms with Crippen LogP contribution in [0.25, 0.3) is 0 Å². The summed E-state index contributed by atoms with van der Waals surface area (Å²) in [5.74, 6) is 1.55. The first kappa shape index (κ1) is 20.8. The molecule has 0 aromatic carbocycles. The third-order valence-electron chi connectivity index (χ3n) is 3.58. The van der Waals surface area contributed by atoms with E-state index in [0.29, 0.717) is 18.3 Å². The van der Waals surface area contributed by atoms with Crippen molar-refractivity contribution in [3.63, 3.8) is 0 Å². The summed E-state index contributed by atoms with van der Waals surface area (Å²) in [4.78, 5) is 30.1. The van der Waals surface area contributed by atoms with Crippen molar-refractivity contribution in [2.45, 2.75) is 52.7 Å². The van der Waals surface area contributed by atoms with Crippen LogP contribution in [0.2, 0.25) is 0 Å². The normalized spacial score (nSPS) is 15.0. The van der Waals surface area contributed by atoms with E-state index in [1.807, 2.05) is 53.7 Å². The Morgan fingerprint density at radius 1 is 1.07 bits per heavy atom. The van der Waals surface area contributed by atoms with Gasteiger partial charge in [0.2, 0.25) is 0 Å². The monoisotopic (exact) mass is 378 g/mol. The van der Waals surface area contributed by atoms with E-state index < -0.39 is 23.4 Å². The smallest absolute Gasteiger partial charge is 0.413 e. The van der Waals surface area contributed by atoms with E-state index in [-0.39, 0.29) is 0 Å². The van der Waals surface area contributed by atoms with Gasteiger partial charge in [0.15, 0.2) is 0 Å². The Morgan fingerprint density at radius 2 is 1.67 bits per heavy atom. The molecule has 27 heavy (non-hydrogen) atoms. The van der Waals surface area contributed by atoms with Crippen molar-refractivity contribution in [1.82, 2.24) is 10.3 Å². The Morgan fingerprint density at radius 3 is 2.26 bits per heavy atom. The topological polar surface area (TPSA) is 92.8 Å². The molecule has 0 aliphatic carbocycles. The summed E-state index contributed by atoms with van der Waals surface area (Å²) in [6.45, 7) is 13.0. The summed E-state index contributed by atoms with van der Waals surface area (Å²) >= 11 is 0. The summed E-state index contributed by atoms with van der Waals surface area (Å²) in [6.07, 6.45) is -0.933. The van der Waals surface area contributed by atoms with Gasteiger partial charge in [-0.05, 0) is 53.7 Å². The molecule has 1 aromatic rings. The van der Waals surface area contributed by atoms with Crippen LogP contribution in [0.1, 0.15) is 41.5 Å². The van der Waals surface area contributed by atoms with Crippen molar-refractivity contribution in [2.24, 2.45) is 5.92 Å². The molecule has 8 nitrogen and oxygen atoms in total. The van der Waals surface area contributed by atoms with Crippen LogP contribution in [0, 0.1) is 5.92 Å². The number of alkyl carbamates (subject to hydrolysis) is 1. The van der Waals surface area contributed by atoms with Gasteiger partial charge in [-0.2, -0.15) is 0 Å². The molecule has 0 atom stereocenters. The lowest BCUT2D eigenvalue weighted by Gasteiger charge is -2.40. The average Bonchev–Trinajstić information content (AvgIpc) is 2.41. The van der Waals surface area contributed by atoms with Crippen LogP contribution >= 0.6 is 0 Å². The lowest BCUT2D eigenvalue weighted by atomic mass is 10.0. The van der Waals surface area contributed by atoms with Gasteiger partial charge in [-0.3, -0.25) is 5.32 Å². The number of rotatable bonds is 4. The third-order valence-corrected chi connectivity index (χ3v) is 3.58. The van der Waals surface area contributed by atoms with Crippen molar-refractivity contribution >= 4 is 23.8 Å². The predicted octanol–water partition coefficient (Wildman–Crippen LogP) is 3.39. The Balaban J connectivity index is 1.79. The van der Waals surface area contributed by atoms with Crippen LogP contribution in [-0.4, -0.2) is 48.0 Å². The molecule has 1 aliphatic heterocycles. The van der Waals surface area contributed by atoms with E-state index in [9.17, 15) is 9.59 Å². The molecule has 1 aromatic heterocycles. The second-order valence-corrected chi connectivity index (χ2v) is 8.66. The van der Waals surface area contributed by atoms with E-state index in [2.05, 4.69) is 20.5 Å². The van der Waals surface area contributed by atoms with Crippen LogP contribution < -0.4 is 15.5 Å². The number of hydrogen-bond acceptors (Lipinski definition) is 6. The summed E-state index contributed by atoms with van der Waals surface area (Å²) in [5, 5.41) is 5.43. The lowest BCUT2D eigenvalue weighted by Crippen LogP contribution is -2.52. The van der Waals surface area contributed by atoms with E-state index >= 15 is 0 Å². The van der Waals surface area contributed by atoms with Crippen LogP contribution in [0.4, 0.5) is 21.2 Å². The molecule has 0 unspecified atom stereocenters. The number of anilines is 2. The molecular weight excluding hydrogens is 348 g/mol. The Bertz CT molecular complexity index is 673. The van der Waals surface area contributed by atoms with Gasteiger partial charge in [-0.25, -0.2) is 14.6 Å². The molecule has 8 heteroatoms. The highest BCUT2D eigenvalue weighted by Gasteiger charge is 2.29. The number of carbonyl (C=O) groups is 2. The molecule has 2 N–H and O–H groups in total. The fourth-order valence-electron chi connectivity index (χ4n) is 2.51. The standard InChI is InChI=1S/C19H30N4O4/c1-18(2,3)26-16(24)20-10-13-11-23(12-13)15-9-7-8-14(21-15)22-17(25)27-19(4,5)6/h7-9,13H,10-12H2,1-6H3,(H,20,24)(H,21,22,25). The largest absolute Gasteiger partial charge is 0.444 e. The van der Waals surface area contributed by atoms with Gasteiger partial charge in [0.25, 0.3) is 0 Å². The highest BCUT2D eigenvalue weighted by Crippen LogP contribution is 2.24. The lowest BCUT2D eigenvalue weighted by molar-refractivity contribution is 0.0515. The highest BCUT2D eigenvalue weighted by molar-refractivity contribution is 5.83. The zero-order chi connectivity index (χ0) is 20.2. The number of amides is 2. The molecule has 1 saturated heterocycles. The number of nitrogens with one attached hydrogen (secondary N) is 2. The first-order chi connectivity index (χ1) is 12.4. The second kappa shape index (κ2) is 8.02. The first-order valence-electron chi connectivity index (χ1n) is 9.10. The van der Waals surface area contributed by atoms with Crippen LogP contribution in [0.15, 0.2) is 18.2 Å². The van der Waals surface area contributed by atoms with Gasteiger partial charge in [0, 0.05) is 25.6 Å². The molecular formula is C19H30N4O4. The molecule has 150 valence electrons. The van der Waals surface area contributed by atoms with Crippen LogP contribution in [0.3, 0.4) is 0 Å². The summed E-state index contributed by atoms with van der Waals surface area (Å²) in [5.41, 5.74) is -1.06. The summed E-state index contributed by atoms with van der Waals surface area (Å²) < 4.78 is 10.5. The Hall–Kier alpha value is -2.51. The number of ether oxygens (including phenoxy) is 2. The summed E-state index contributed by atoms with van der Waals surface area (Å²) in [6, 6.07) is 5.44. The van der Waals surface area contributed by atoms with Crippen molar-refractivity contribution in [2.75, 3.05) is 29.9 Å². The highest BCUT2D eigenvalue weighted by atomic mass is 16.6. The first-order valence-corrected chi connectivity index (χ1v) is 9.10. The van der Waals surface area contributed by atoms with Gasteiger partial charge in [-0.15, -0.1) is 0 Å². The quantitative estimate of drug-likeness (QED) is 0.834. The predicted molar refractivity (Wildman–Crippen MR) is 104 cm³/mol. The average molecular weight is 378 g/mol. The molecule has 0 bridgehead atoms. The zero-order valence-corrected chi connectivity index (χ0v) is 17.0. The van der Waals surface area contributed by atoms with Crippen molar-refractivity contribution in [1.29, 1.82) is 0 Å². The molecule has 1 fully saturated rings. The number of aromatic nitrogens is 1. The summed E-state index contributed by atoms with van der Waals surface area (Å²) in [7, 11) is 0. The van der Waals surface area contributed by atoms with Crippen molar-refractivity contribution in [3.8, 4) is 0 Å². The van der Waals surface area contributed by atoms with Crippen molar-refractivity contribution in [3.05, 3.63) is 18.2 Å². The molecule has 2 amide bonds. The third kappa shape index (κ3) is 7.32. The van der Waals surface area contributed by atoms with Gasteiger partial charge in [-0.1, -0.05) is 6.07 Å². The fraction of sp³-hybridized carbons (Fsp3) is 0.632. The number of hydrogen-bond donors (Lipinski definition) is 2. The molecule has 2 heterocycles. The Kier molecular flexibility index (Phi) is 6.18. The van der Waals surface area contributed by atoms with Gasteiger partial charge in [0.1, 0.15) is 22.8 Å². The Labute approximate surface area is 160 Å². The molecule has 0 saturated carbocycles. The van der Waals surface area contributed by atoms with Gasteiger partial charge in [0.05, 0.1) is 0 Å². The van der Waals surface area contributed by atoms with Gasteiger partial charge >= 0.3 is 12.2 Å². The molecule has 0 spiro atoms. The maximum absolute atomic E-state index is 11.9. The van der Waals surface area contributed by atoms with Crippen LogP contribution in [-0.2, 0) is 9.47 Å². The maximum Gasteiger partial charge on any atom is 0.413 e. The number of pyridine rings is 1. The molecule has 1 aliphatic rings. The minimum Gasteiger partial charge on any atom is -0.444 e. The van der Waals surface area contributed by atoms with Gasteiger partial charge < -0.3 is 19.7 Å². The van der Waals surface area contributed by atoms with E-state index in [1.165, 1.54) is 0 Å². The van der Waals surface area contributed by atoms with E-state index in [1.54, 1.807) is 6.07 Å². The minimum atomic E-state index is -0.562. The van der Waals surface area contributed by atoms with Crippen molar-refractivity contribution < 1.29 is 19.1 Å². The van der Waals surface area contributed by atoms with E-state index in [4.69, 9.17) is 9.47 Å². The zero-order valence-electron chi connectivity index (χ0n) is 17.0. The number of carbonyl (C=O) groups excluding carboxylic acids is 2. The number of nitrogens with zero attached hydrogens (tertiary/aromatic N) is 2. The van der Waals surface area contributed by atoms with Crippen LogP contribution in [0.5, 0.6) is 0 Å². The maximum atomic E-state index is 11.9. The molecule has 2 rings (SSSR count). The minimum absolute atomic E-state index is 0.335. The fourth-order valence-corrected chi connectivity index (χ4v) is 2.51. The molecule has 0 radical (unpaired) electrons.